The van der Waals surface area contributed by atoms with Gasteiger partial charge in [-0.15, -0.1) is 5.10 Å². The number of nitrogens with zero attached hydrogens (tertiary/aromatic N) is 5. The first-order chi connectivity index (χ1) is 18.4. The van der Waals surface area contributed by atoms with Crippen LogP contribution in [0.1, 0.15) is 16.8 Å². The molecular weight excluding hydrogens is 526 g/mol. The third-order valence-electron chi connectivity index (χ3n) is 5.24. The molecule has 3 aromatic rings. The minimum Gasteiger partial charge on any atom is -0.508 e. The van der Waals surface area contributed by atoms with E-state index < -0.39 is 0 Å². The number of carbonyl (C=O) groups is 2. The summed E-state index contributed by atoms with van der Waals surface area (Å²) in [6, 6.07) is 13.1. The van der Waals surface area contributed by atoms with Crippen molar-refractivity contribution in [2.75, 3.05) is 6.54 Å². The van der Waals surface area contributed by atoms with Crippen LogP contribution in [0.2, 0.25) is 0 Å². The number of amides is 2. The van der Waals surface area contributed by atoms with E-state index >= 15 is 0 Å². The van der Waals surface area contributed by atoms with Gasteiger partial charge in [0.15, 0.2) is 10.3 Å². The summed E-state index contributed by atoms with van der Waals surface area (Å²) < 4.78 is 1.64. The van der Waals surface area contributed by atoms with Gasteiger partial charge >= 0.3 is 0 Å². The van der Waals surface area contributed by atoms with Gasteiger partial charge in [-0.25, -0.2) is 0 Å². The molecule has 2 aliphatic rings. The Morgan fingerprint density at radius 2 is 1.34 bits per heavy atom. The van der Waals surface area contributed by atoms with Crippen molar-refractivity contribution >= 4 is 57.8 Å². The van der Waals surface area contributed by atoms with Crippen molar-refractivity contribution in [2.45, 2.75) is 13.1 Å². The van der Waals surface area contributed by atoms with E-state index in [4.69, 9.17) is 0 Å². The van der Waals surface area contributed by atoms with Crippen LogP contribution in [0.15, 0.2) is 74.5 Å². The Hall–Kier alpha value is -4.36. The number of rotatable bonds is 7. The normalized spacial score (nSPS) is 19.6. The average molecular weight is 548 g/mol. The Morgan fingerprint density at radius 3 is 1.89 bits per heavy atom. The molecule has 11 nitrogen and oxygen atoms in total. The summed E-state index contributed by atoms with van der Waals surface area (Å²) in [4.78, 5) is 34.3. The zero-order valence-corrected chi connectivity index (χ0v) is 21.4. The molecule has 4 N–H and O–H groups in total. The summed E-state index contributed by atoms with van der Waals surface area (Å²) in [5.41, 5.74) is 2.24. The van der Waals surface area contributed by atoms with Gasteiger partial charge in [-0.3, -0.25) is 24.3 Å². The van der Waals surface area contributed by atoms with Gasteiger partial charge in [-0.2, -0.15) is 0 Å². The van der Waals surface area contributed by atoms with Gasteiger partial charge in [0.25, 0.3) is 11.8 Å². The number of aliphatic imine (C=N–C) groups is 2. The van der Waals surface area contributed by atoms with Gasteiger partial charge in [0.2, 0.25) is 0 Å². The molecule has 1 aromatic heterocycles. The molecule has 2 fully saturated rings. The molecule has 0 unspecified atom stereocenters. The van der Waals surface area contributed by atoms with Crippen LogP contribution in [-0.2, 0) is 22.7 Å². The van der Waals surface area contributed by atoms with Crippen LogP contribution < -0.4 is 10.6 Å². The van der Waals surface area contributed by atoms with Gasteiger partial charge in [0.1, 0.15) is 17.2 Å². The van der Waals surface area contributed by atoms with E-state index in [-0.39, 0.29) is 29.9 Å². The van der Waals surface area contributed by atoms with E-state index in [1.54, 1.807) is 71.6 Å². The molecule has 2 saturated heterocycles. The highest BCUT2D eigenvalue weighted by molar-refractivity contribution is 8.19. The maximum absolute atomic E-state index is 12.2. The number of aromatic hydroxyl groups is 2. The molecule has 38 heavy (non-hydrogen) atoms. The van der Waals surface area contributed by atoms with Crippen LogP contribution >= 0.6 is 23.5 Å². The molecule has 192 valence electrons. The minimum atomic E-state index is -0.234. The molecule has 3 heterocycles. The smallest absolute Gasteiger partial charge is 0.264 e. The maximum atomic E-state index is 12.2. The number of nitrogens with one attached hydrogen (secondary N) is 2. The van der Waals surface area contributed by atoms with Crippen LogP contribution in [0.5, 0.6) is 11.5 Å². The van der Waals surface area contributed by atoms with Crippen molar-refractivity contribution in [3.8, 4) is 11.5 Å². The number of benzene rings is 2. The van der Waals surface area contributed by atoms with Gasteiger partial charge in [-0.1, -0.05) is 29.5 Å². The third kappa shape index (κ3) is 6.49. The van der Waals surface area contributed by atoms with E-state index in [0.717, 1.165) is 11.1 Å². The maximum Gasteiger partial charge on any atom is 0.264 e. The lowest BCUT2D eigenvalue weighted by Gasteiger charge is -1.97. The van der Waals surface area contributed by atoms with Gasteiger partial charge in [-0.05, 0) is 71.1 Å². The molecule has 0 atom stereocenters. The molecule has 2 aliphatic heterocycles. The van der Waals surface area contributed by atoms with Crippen molar-refractivity contribution < 1.29 is 19.8 Å². The Morgan fingerprint density at radius 1 is 0.816 bits per heavy atom. The third-order valence-corrected chi connectivity index (χ3v) is 7.13. The second-order valence-corrected chi connectivity index (χ2v) is 10.2. The van der Waals surface area contributed by atoms with Crippen LogP contribution in [0.4, 0.5) is 0 Å². The average Bonchev–Trinajstić information content (AvgIpc) is 3.60. The zero-order valence-electron chi connectivity index (χ0n) is 19.7. The van der Waals surface area contributed by atoms with Gasteiger partial charge < -0.3 is 20.8 Å². The monoisotopic (exact) mass is 547 g/mol. The molecular formula is C25H21N7O4S2. The summed E-state index contributed by atoms with van der Waals surface area (Å²) >= 11 is 2.49. The summed E-state index contributed by atoms with van der Waals surface area (Å²) in [6.07, 6.45) is 5.23. The number of hydrogen-bond donors (Lipinski definition) is 4. The second kappa shape index (κ2) is 11.4. The number of phenols is 2. The van der Waals surface area contributed by atoms with E-state index in [0.29, 0.717) is 38.9 Å². The van der Waals surface area contributed by atoms with Crippen molar-refractivity contribution in [2.24, 2.45) is 9.98 Å². The van der Waals surface area contributed by atoms with E-state index in [1.165, 1.54) is 23.5 Å². The van der Waals surface area contributed by atoms with E-state index in [1.807, 2.05) is 0 Å². The summed E-state index contributed by atoms with van der Waals surface area (Å²) in [7, 11) is 0. The fraction of sp³-hybridized carbons (Fsp3) is 0.120. The summed E-state index contributed by atoms with van der Waals surface area (Å²) in [5.74, 6) is -0.126. The lowest BCUT2D eigenvalue weighted by atomic mass is 10.2. The van der Waals surface area contributed by atoms with E-state index in [2.05, 4.69) is 30.9 Å². The number of hydrogen-bond acceptors (Lipinski definition) is 10. The van der Waals surface area contributed by atoms with Crippen molar-refractivity contribution in [3.63, 3.8) is 0 Å². The molecule has 0 spiro atoms. The lowest BCUT2D eigenvalue weighted by Crippen LogP contribution is -2.20. The Bertz CT molecular complexity index is 1490. The van der Waals surface area contributed by atoms with Crippen LogP contribution in [0, 0.1) is 0 Å². The Labute approximate surface area is 225 Å². The fourth-order valence-electron chi connectivity index (χ4n) is 3.37. The predicted molar refractivity (Wildman–Crippen MR) is 147 cm³/mol. The van der Waals surface area contributed by atoms with Gasteiger partial charge in [0.05, 0.1) is 35.6 Å². The molecule has 5 rings (SSSR count). The molecule has 0 aliphatic carbocycles. The molecule has 0 saturated carbocycles. The highest BCUT2D eigenvalue weighted by Gasteiger charge is 2.24. The SMILES string of the molecule is O=C1NC(=NCCn2cc(CN=C3NC(=O)/C(=C/c4ccc(O)cc4)S3)nn2)S/C1=C\c1ccc(O)cc1. The molecule has 0 bridgehead atoms. The van der Waals surface area contributed by atoms with Crippen molar-refractivity contribution in [3.05, 3.63) is 81.4 Å². The van der Waals surface area contributed by atoms with E-state index in [9.17, 15) is 19.8 Å². The first-order valence-corrected chi connectivity index (χ1v) is 13.0. The predicted octanol–water partition coefficient (Wildman–Crippen LogP) is 2.71. The summed E-state index contributed by atoms with van der Waals surface area (Å²) in [6.45, 7) is 1.11. The topological polar surface area (TPSA) is 154 Å². The number of amidine groups is 2. The molecule has 2 aromatic carbocycles. The van der Waals surface area contributed by atoms with Crippen LogP contribution in [0.25, 0.3) is 12.2 Å². The van der Waals surface area contributed by atoms with Crippen molar-refractivity contribution in [1.29, 1.82) is 0 Å². The first kappa shape index (κ1) is 25.3. The first-order valence-electron chi connectivity index (χ1n) is 11.4. The largest absolute Gasteiger partial charge is 0.508 e. The number of aromatic nitrogens is 3. The number of carbonyl (C=O) groups excluding carboxylic acids is 2. The Kier molecular flexibility index (Phi) is 7.56. The lowest BCUT2D eigenvalue weighted by molar-refractivity contribution is -0.116. The highest BCUT2D eigenvalue weighted by Crippen LogP contribution is 2.27. The second-order valence-electron chi connectivity index (χ2n) is 8.09. The van der Waals surface area contributed by atoms with Crippen molar-refractivity contribution in [1.82, 2.24) is 25.6 Å². The van der Waals surface area contributed by atoms with Crippen LogP contribution in [-0.4, -0.2) is 53.9 Å². The fourth-order valence-corrected chi connectivity index (χ4v) is 5.04. The molecule has 13 heteroatoms. The van der Waals surface area contributed by atoms with Crippen LogP contribution in [0.3, 0.4) is 0 Å². The number of thioether (sulfide) groups is 2. The molecule has 2 amide bonds. The zero-order chi connectivity index (χ0) is 26.5. The van der Waals surface area contributed by atoms with Gasteiger partial charge in [0, 0.05) is 0 Å². The minimum absolute atomic E-state index is 0.163. The standard InChI is InChI=1S/C25H21N7O4S2/c33-18-5-1-15(2-6-18)11-20-22(35)28-24(37-20)26-9-10-32-14-17(30-31-32)13-27-25-29-23(36)21(38-25)12-16-3-7-19(34)8-4-16/h1-8,11-12,14,33-34H,9-10,13H2,(H,26,28,35)(H,27,29,36)/b20-11-,21-12-. The summed E-state index contributed by atoms with van der Waals surface area (Å²) in [5, 5.41) is 33.5. The number of phenolic OH excluding ortho intramolecular Hbond substituents is 2. The highest BCUT2D eigenvalue weighted by atomic mass is 32.2. The quantitative estimate of drug-likeness (QED) is 0.329. The Balaban J connectivity index is 1.12. The molecule has 0 radical (unpaired) electrons.